The molecule has 59 valence electrons. The molecule has 0 aromatic heterocycles. The summed E-state index contributed by atoms with van der Waals surface area (Å²) in [5.41, 5.74) is 0. The van der Waals surface area contributed by atoms with Crippen molar-refractivity contribution in [3.8, 4) is 0 Å². The quantitative estimate of drug-likeness (QED) is 0.638. The highest BCUT2D eigenvalue weighted by molar-refractivity contribution is 4.73. The average molecular weight is 141 g/mol. The van der Waals surface area contributed by atoms with Gasteiger partial charge in [0.15, 0.2) is 0 Å². The normalized spacial score (nSPS) is 21.3. The topological polar surface area (TPSA) is 20.2 Å². The second-order valence-corrected chi connectivity index (χ2v) is 3.21. The highest BCUT2D eigenvalue weighted by atomic mass is 16.2. The maximum Gasteiger partial charge on any atom is 0.0462 e. The Hall–Kier alpha value is -0.0400. The molecule has 1 aliphatic rings. The summed E-state index contributed by atoms with van der Waals surface area (Å²) in [4.78, 5) is 0. The molecule has 0 heterocycles. The Morgan fingerprint density at radius 3 is 2.50 bits per heavy atom. The molecule has 1 saturated carbocycles. The maximum atomic E-state index is 8.54. The van der Waals surface area contributed by atoms with Crippen LogP contribution in [0.5, 0.6) is 0 Å². The van der Waals surface area contributed by atoms with Gasteiger partial charge >= 0.3 is 0 Å². The van der Waals surface area contributed by atoms with Crippen molar-refractivity contribution in [2.75, 3.05) is 6.61 Å². The second kappa shape index (κ2) is 4.73. The van der Waals surface area contributed by atoms with Crippen molar-refractivity contribution < 1.29 is 5.11 Å². The lowest BCUT2D eigenvalue weighted by Crippen LogP contribution is -2.06. The molecule has 0 bridgehead atoms. The fourth-order valence-corrected chi connectivity index (χ4v) is 1.73. The van der Waals surface area contributed by atoms with E-state index in [-0.39, 0.29) is 6.61 Å². The molecule has 0 unspecified atom stereocenters. The van der Waals surface area contributed by atoms with Crippen LogP contribution < -0.4 is 0 Å². The summed E-state index contributed by atoms with van der Waals surface area (Å²) in [6.07, 6.45) is 10.1. The van der Waals surface area contributed by atoms with Crippen molar-refractivity contribution in [3.63, 3.8) is 0 Å². The lowest BCUT2D eigenvalue weighted by Gasteiger charge is -2.20. The average Bonchev–Trinajstić information content (AvgIpc) is 2.03. The molecule has 0 amide bonds. The molecular weight excluding hydrogens is 124 g/mol. The zero-order chi connectivity index (χ0) is 7.23. The third-order valence-electron chi connectivity index (χ3n) is 2.35. The molecule has 1 aliphatic carbocycles. The van der Waals surface area contributed by atoms with Crippen molar-refractivity contribution in [2.24, 2.45) is 5.92 Å². The minimum absolute atomic E-state index is 0.260. The second-order valence-electron chi connectivity index (χ2n) is 3.21. The Morgan fingerprint density at radius 1 is 1.20 bits per heavy atom. The summed E-state index contributed by atoms with van der Waals surface area (Å²) < 4.78 is 0. The number of hydrogen-bond acceptors (Lipinski definition) is 1. The van der Waals surface area contributed by atoms with Gasteiger partial charge in [-0.15, -0.1) is 0 Å². The van der Waals surface area contributed by atoms with Crippen LogP contribution in [0.2, 0.25) is 0 Å². The smallest absolute Gasteiger partial charge is 0.0462 e. The van der Waals surface area contributed by atoms with Gasteiger partial charge in [0.05, 0.1) is 0 Å². The third kappa shape index (κ3) is 2.70. The summed E-state index contributed by atoms with van der Waals surface area (Å²) in [6, 6.07) is 0. The van der Waals surface area contributed by atoms with Crippen LogP contribution in [-0.4, -0.2) is 11.7 Å². The third-order valence-corrected chi connectivity index (χ3v) is 2.35. The Bertz CT molecular complexity index is 74.8. The van der Waals surface area contributed by atoms with Crippen molar-refractivity contribution in [1.82, 2.24) is 0 Å². The van der Waals surface area contributed by atoms with Crippen molar-refractivity contribution in [1.29, 1.82) is 0 Å². The van der Waals surface area contributed by atoms with Gasteiger partial charge in [0.2, 0.25) is 0 Å². The van der Waals surface area contributed by atoms with Crippen LogP contribution in [-0.2, 0) is 0 Å². The Kier molecular flexibility index (Phi) is 3.81. The molecule has 0 aromatic carbocycles. The number of rotatable bonds is 3. The predicted molar refractivity (Wildman–Crippen MR) is 42.6 cm³/mol. The maximum absolute atomic E-state index is 8.54. The molecule has 0 aliphatic heterocycles. The molecule has 1 fully saturated rings. The van der Waals surface area contributed by atoms with Gasteiger partial charge in [-0.1, -0.05) is 32.1 Å². The summed E-state index contributed by atoms with van der Waals surface area (Å²) in [5.74, 6) is 0.890. The van der Waals surface area contributed by atoms with Gasteiger partial charge in [-0.2, -0.15) is 0 Å². The molecule has 1 heteroatoms. The first-order valence-electron chi connectivity index (χ1n) is 4.36. The van der Waals surface area contributed by atoms with E-state index in [0.717, 1.165) is 12.3 Å². The molecule has 1 nitrogen and oxygen atoms in total. The van der Waals surface area contributed by atoms with Gasteiger partial charge in [-0.05, 0) is 18.8 Å². The van der Waals surface area contributed by atoms with E-state index in [0.29, 0.717) is 0 Å². The van der Waals surface area contributed by atoms with E-state index in [1.807, 2.05) is 6.42 Å². The van der Waals surface area contributed by atoms with Crippen LogP contribution in [0.4, 0.5) is 0 Å². The zero-order valence-electron chi connectivity index (χ0n) is 6.55. The van der Waals surface area contributed by atoms with Crippen LogP contribution in [0, 0.1) is 12.3 Å². The molecule has 0 aromatic rings. The van der Waals surface area contributed by atoms with Gasteiger partial charge in [-0.25, -0.2) is 0 Å². The largest absolute Gasteiger partial charge is 0.396 e. The molecule has 1 rings (SSSR count). The first-order chi connectivity index (χ1) is 4.93. The van der Waals surface area contributed by atoms with Gasteiger partial charge in [-0.3, -0.25) is 0 Å². The van der Waals surface area contributed by atoms with Crippen molar-refractivity contribution in [3.05, 3.63) is 6.42 Å². The lowest BCUT2D eigenvalue weighted by atomic mass is 9.86. The first kappa shape index (κ1) is 8.06. The number of hydrogen-bond donors (Lipinski definition) is 1. The van der Waals surface area contributed by atoms with Crippen LogP contribution >= 0.6 is 0 Å². The number of aliphatic hydroxyl groups is 1. The molecule has 10 heavy (non-hydrogen) atoms. The van der Waals surface area contributed by atoms with Crippen LogP contribution in [0.25, 0.3) is 0 Å². The minimum Gasteiger partial charge on any atom is -0.396 e. The van der Waals surface area contributed by atoms with E-state index in [1.54, 1.807) is 0 Å². The summed E-state index contributed by atoms with van der Waals surface area (Å²) in [5, 5.41) is 8.54. The standard InChI is InChI=1S/C9H17O/c10-8-4-7-9-5-2-1-3-6-9/h4,9-10H,1-3,5-8H2. The zero-order valence-corrected chi connectivity index (χ0v) is 6.55. The Labute approximate surface area is 63.4 Å². The summed E-state index contributed by atoms with van der Waals surface area (Å²) >= 11 is 0. The highest BCUT2D eigenvalue weighted by Crippen LogP contribution is 2.26. The molecule has 0 atom stereocenters. The summed E-state index contributed by atoms with van der Waals surface area (Å²) in [6.45, 7) is 0.260. The molecule has 0 spiro atoms. The van der Waals surface area contributed by atoms with Crippen LogP contribution in [0.1, 0.15) is 38.5 Å². The fourth-order valence-electron chi connectivity index (χ4n) is 1.73. The fraction of sp³-hybridized carbons (Fsp3) is 0.889. The van der Waals surface area contributed by atoms with E-state index in [1.165, 1.54) is 32.1 Å². The van der Waals surface area contributed by atoms with E-state index in [9.17, 15) is 0 Å². The van der Waals surface area contributed by atoms with Gasteiger partial charge in [0.25, 0.3) is 0 Å². The van der Waals surface area contributed by atoms with Gasteiger partial charge < -0.3 is 5.11 Å². The molecule has 0 saturated heterocycles. The van der Waals surface area contributed by atoms with Gasteiger partial charge in [0, 0.05) is 6.61 Å². The van der Waals surface area contributed by atoms with Crippen molar-refractivity contribution in [2.45, 2.75) is 38.5 Å². The molecule has 1 radical (unpaired) electrons. The summed E-state index contributed by atoms with van der Waals surface area (Å²) in [7, 11) is 0. The van der Waals surface area contributed by atoms with E-state index in [2.05, 4.69) is 0 Å². The number of aliphatic hydroxyl groups excluding tert-OH is 1. The monoisotopic (exact) mass is 141 g/mol. The van der Waals surface area contributed by atoms with E-state index < -0.39 is 0 Å². The van der Waals surface area contributed by atoms with Crippen LogP contribution in [0.3, 0.4) is 0 Å². The van der Waals surface area contributed by atoms with E-state index >= 15 is 0 Å². The lowest BCUT2D eigenvalue weighted by molar-refractivity contribution is 0.297. The van der Waals surface area contributed by atoms with E-state index in [4.69, 9.17) is 5.11 Å². The van der Waals surface area contributed by atoms with Gasteiger partial charge in [0.1, 0.15) is 0 Å². The highest BCUT2D eigenvalue weighted by Gasteiger charge is 2.11. The SMILES string of the molecule is OC[CH]CC1CCCCC1. The van der Waals surface area contributed by atoms with Crippen molar-refractivity contribution >= 4 is 0 Å². The Balaban J connectivity index is 2.02. The minimum atomic E-state index is 0.260. The predicted octanol–water partition coefficient (Wildman–Crippen LogP) is 2.15. The first-order valence-corrected chi connectivity index (χ1v) is 4.36. The Morgan fingerprint density at radius 2 is 1.90 bits per heavy atom. The molecular formula is C9H17O. The van der Waals surface area contributed by atoms with Crippen LogP contribution in [0.15, 0.2) is 0 Å². The molecule has 1 N–H and O–H groups in total.